The lowest BCUT2D eigenvalue weighted by molar-refractivity contribution is 0.0978. The Morgan fingerprint density at radius 3 is 1.39 bits per heavy atom. The van der Waals surface area contributed by atoms with Crippen LogP contribution in [0.1, 0.15) is 10.4 Å². The number of thiocarbonyl (C=S) groups is 1. The van der Waals surface area contributed by atoms with Gasteiger partial charge < -0.3 is 5.32 Å². The van der Waals surface area contributed by atoms with Crippen LogP contribution < -0.4 is 21.2 Å². The van der Waals surface area contributed by atoms with Gasteiger partial charge in [-0.05, 0) is 34.9 Å². The van der Waals surface area contributed by atoms with E-state index in [1.165, 1.54) is 0 Å². The highest BCUT2D eigenvalue weighted by molar-refractivity contribution is 7.99. The van der Waals surface area contributed by atoms with Gasteiger partial charge in [-0.3, -0.25) is 4.79 Å². The van der Waals surface area contributed by atoms with Crippen molar-refractivity contribution in [2.24, 2.45) is 0 Å². The molecule has 5 heteroatoms. The smallest absolute Gasteiger partial charge is 0.256 e. The van der Waals surface area contributed by atoms with Gasteiger partial charge in [0.05, 0.1) is 5.29 Å². The summed E-state index contributed by atoms with van der Waals surface area (Å²) in [5.41, 5.74) is 0.486. The molecule has 0 spiro atoms. The summed E-state index contributed by atoms with van der Waals surface area (Å²) < 4.78 is 0. The summed E-state index contributed by atoms with van der Waals surface area (Å²) in [6.07, 6.45) is 0. The third-order valence-corrected chi connectivity index (χ3v) is 10.0. The molecule has 0 aliphatic heterocycles. The fraction of sp³-hybridized carbons (Fsp3) is 0. The predicted molar refractivity (Wildman–Crippen MR) is 142 cm³/mol. The lowest BCUT2D eigenvalue weighted by Crippen LogP contribution is -2.39. The summed E-state index contributed by atoms with van der Waals surface area (Å²) in [4.78, 5) is 13.1. The standard InChI is InChI=1S/C28H21N2OPS/c29-21-26(28(33)30-27(31)22-13-5-1-6-14-22)32(23-15-7-2-8-16-23,24-17-9-3-10-18-24)25-19-11-4-12-20-25/h1-20H,(H,30,31,33). The maximum Gasteiger partial charge on any atom is 0.256 e. The van der Waals surface area contributed by atoms with Crippen LogP contribution in [-0.4, -0.2) is 16.2 Å². The first-order valence-electron chi connectivity index (χ1n) is 10.4. The van der Waals surface area contributed by atoms with E-state index in [2.05, 4.69) is 11.4 Å². The summed E-state index contributed by atoms with van der Waals surface area (Å²) in [6.45, 7) is -2.67. The summed E-state index contributed by atoms with van der Waals surface area (Å²) in [7, 11) is 0. The van der Waals surface area contributed by atoms with E-state index < -0.39 is 6.89 Å². The third-order valence-electron chi connectivity index (χ3n) is 5.35. The third kappa shape index (κ3) is 4.43. The molecule has 0 bridgehead atoms. The number of rotatable bonds is 5. The van der Waals surface area contributed by atoms with E-state index in [4.69, 9.17) is 12.2 Å². The number of benzene rings is 4. The number of hydrogen-bond acceptors (Lipinski definition) is 3. The SMILES string of the molecule is N#CC(C(=S)NC(=O)c1ccccc1)=P(c1ccccc1)(c1ccccc1)c1ccccc1. The molecule has 1 amide bonds. The van der Waals surface area contributed by atoms with E-state index in [0.717, 1.165) is 15.9 Å². The van der Waals surface area contributed by atoms with Gasteiger partial charge in [-0.15, -0.1) is 0 Å². The van der Waals surface area contributed by atoms with Crippen LogP contribution in [0.25, 0.3) is 0 Å². The Morgan fingerprint density at radius 1 is 0.667 bits per heavy atom. The first-order valence-corrected chi connectivity index (χ1v) is 12.6. The van der Waals surface area contributed by atoms with E-state index >= 15 is 0 Å². The molecular formula is C28H21N2OPS. The van der Waals surface area contributed by atoms with Crippen molar-refractivity contribution in [2.45, 2.75) is 0 Å². The molecule has 0 fully saturated rings. The summed E-state index contributed by atoms with van der Waals surface area (Å²) >= 11 is 5.74. The molecule has 0 unspecified atom stereocenters. The average Bonchev–Trinajstić information content (AvgIpc) is 2.89. The molecule has 0 aliphatic rings. The zero-order valence-corrected chi connectivity index (χ0v) is 19.5. The van der Waals surface area contributed by atoms with Crippen molar-refractivity contribution in [3.63, 3.8) is 0 Å². The molecule has 4 aromatic rings. The highest BCUT2D eigenvalue weighted by Crippen LogP contribution is 2.46. The number of hydrogen-bond donors (Lipinski definition) is 1. The van der Waals surface area contributed by atoms with Gasteiger partial charge in [-0.1, -0.05) is 121 Å². The molecule has 0 aliphatic carbocycles. The fourth-order valence-corrected chi connectivity index (χ4v) is 8.48. The molecule has 4 aromatic carbocycles. The minimum atomic E-state index is -2.67. The number of carbonyl (C=O) groups excluding carboxylic acids is 1. The Labute approximate surface area is 199 Å². The van der Waals surface area contributed by atoms with Crippen LogP contribution in [0.15, 0.2) is 121 Å². The first kappa shape index (κ1) is 22.4. The zero-order chi connectivity index (χ0) is 23.1. The Hall–Kier alpha value is -3.77. The molecule has 4 rings (SSSR count). The lowest BCUT2D eigenvalue weighted by Gasteiger charge is -2.30. The molecule has 160 valence electrons. The zero-order valence-electron chi connectivity index (χ0n) is 17.8. The lowest BCUT2D eigenvalue weighted by atomic mass is 10.2. The second kappa shape index (κ2) is 10.2. The van der Waals surface area contributed by atoms with Gasteiger partial charge in [0.1, 0.15) is 11.1 Å². The van der Waals surface area contributed by atoms with Crippen molar-refractivity contribution in [2.75, 3.05) is 0 Å². The molecule has 0 aromatic heterocycles. The van der Waals surface area contributed by atoms with E-state index in [1.54, 1.807) is 24.3 Å². The van der Waals surface area contributed by atoms with Crippen molar-refractivity contribution in [3.05, 3.63) is 127 Å². The number of amides is 1. The minimum Gasteiger partial charge on any atom is -0.312 e. The van der Waals surface area contributed by atoms with Crippen LogP contribution in [0.4, 0.5) is 0 Å². The van der Waals surface area contributed by atoms with E-state index in [0.29, 0.717) is 10.9 Å². The van der Waals surface area contributed by atoms with Crippen LogP contribution in [-0.2, 0) is 0 Å². The maximum absolute atomic E-state index is 12.9. The molecule has 0 saturated carbocycles. The number of nitriles is 1. The van der Waals surface area contributed by atoms with Crippen LogP contribution in [0.5, 0.6) is 0 Å². The summed E-state index contributed by atoms with van der Waals surface area (Å²) in [5, 5.41) is 16.7. The number of carbonyl (C=O) groups is 1. The Morgan fingerprint density at radius 2 is 1.03 bits per heavy atom. The van der Waals surface area contributed by atoms with Gasteiger partial charge in [0.15, 0.2) is 0 Å². The second-order valence-electron chi connectivity index (χ2n) is 7.29. The van der Waals surface area contributed by atoms with Gasteiger partial charge in [0, 0.05) is 5.56 Å². The topological polar surface area (TPSA) is 52.9 Å². The second-order valence-corrected chi connectivity index (χ2v) is 11.0. The largest absolute Gasteiger partial charge is 0.312 e. The molecule has 0 atom stereocenters. The molecule has 33 heavy (non-hydrogen) atoms. The van der Waals surface area contributed by atoms with Crippen LogP contribution >= 0.6 is 19.1 Å². The predicted octanol–water partition coefficient (Wildman–Crippen LogP) is 4.43. The fourth-order valence-electron chi connectivity index (χ4n) is 3.89. The number of nitrogens with zero attached hydrogens (tertiary/aromatic N) is 1. The van der Waals surface area contributed by atoms with Gasteiger partial charge in [-0.25, -0.2) is 0 Å². The molecule has 3 nitrogen and oxygen atoms in total. The molecule has 0 heterocycles. The van der Waals surface area contributed by atoms with Crippen molar-refractivity contribution in [1.82, 2.24) is 5.32 Å². The normalized spacial score (nSPS) is 10.6. The van der Waals surface area contributed by atoms with Crippen LogP contribution in [0.3, 0.4) is 0 Å². The quantitative estimate of drug-likeness (QED) is 0.351. The summed E-state index contributed by atoms with van der Waals surface area (Å²) in [6, 6.07) is 41.2. The highest BCUT2D eigenvalue weighted by atomic mass is 32.1. The van der Waals surface area contributed by atoms with Gasteiger partial charge in [0.25, 0.3) is 5.91 Å². The van der Waals surface area contributed by atoms with Crippen molar-refractivity contribution in [1.29, 1.82) is 5.26 Å². The molecular weight excluding hydrogens is 443 g/mol. The Balaban J connectivity index is 2.03. The van der Waals surface area contributed by atoms with E-state index in [-0.39, 0.29) is 10.9 Å². The molecule has 0 radical (unpaired) electrons. The Bertz CT molecular complexity index is 1260. The van der Waals surface area contributed by atoms with Gasteiger partial charge >= 0.3 is 0 Å². The molecule has 1 N–H and O–H groups in total. The number of nitrogens with one attached hydrogen (secondary N) is 1. The Kier molecular flexibility index (Phi) is 6.95. The monoisotopic (exact) mass is 464 g/mol. The van der Waals surface area contributed by atoms with Crippen molar-refractivity contribution >= 4 is 51.2 Å². The van der Waals surface area contributed by atoms with Gasteiger partial charge in [-0.2, -0.15) is 5.26 Å². The highest BCUT2D eigenvalue weighted by Gasteiger charge is 2.32. The van der Waals surface area contributed by atoms with Crippen molar-refractivity contribution in [3.8, 4) is 6.07 Å². The van der Waals surface area contributed by atoms with Crippen LogP contribution in [0.2, 0.25) is 0 Å². The maximum atomic E-state index is 12.9. The van der Waals surface area contributed by atoms with Crippen LogP contribution in [0, 0.1) is 11.3 Å². The minimum absolute atomic E-state index is 0.149. The summed E-state index contributed by atoms with van der Waals surface area (Å²) in [5.74, 6) is -0.333. The van der Waals surface area contributed by atoms with Crippen molar-refractivity contribution < 1.29 is 4.79 Å². The first-order chi connectivity index (χ1) is 16.2. The average molecular weight is 465 g/mol. The van der Waals surface area contributed by atoms with Gasteiger partial charge in [0.2, 0.25) is 0 Å². The molecule has 0 saturated heterocycles. The van der Waals surface area contributed by atoms with E-state index in [9.17, 15) is 10.1 Å². The van der Waals surface area contributed by atoms with E-state index in [1.807, 2.05) is 97.1 Å².